The third kappa shape index (κ3) is 3.89. The lowest BCUT2D eigenvalue weighted by Crippen LogP contribution is -2.45. The Bertz CT molecular complexity index is 993. The molecule has 0 aliphatic rings. The van der Waals surface area contributed by atoms with Gasteiger partial charge >= 0.3 is 0 Å². The zero-order valence-corrected chi connectivity index (χ0v) is 18.8. The Morgan fingerprint density at radius 3 is 1.60 bits per heavy atom. The molecule has 0 aromatic heterocycles. The van der Waals surface area contributed by atoms with Crippen molar-refractivity contribution in [3.05, 3.63) is 89.5 Å². The first-order valence-electron chi connectivity index (χ1n) is 10.6. The van der Waals surface area contributed by atoms with Gasteiger partial charge in [-0.05, 0) is 24.8 Å². The molecule has 0 unspecified atom stereocenters. The van der Waals surface area contributed by atoms with Gasteiger partial charge in [0.05, 0.1) is 0 Å². The fourth-order valence-corrected chi connectivity index (χ4v) is 5.57. The molecule has 158 valence electrons. The minimum Gasteiger partial charge on any atom is -0.764 e. The molecule has 0 heterocycles. The summed E-state index contributed by atoms with van der Waals surface area (Å²) in [6.07, 6.45) is 3.15. The van der Waals surface area contributed by atoms with Crippen molar-refractivity contribution in [1.29, 1.82) is 0 Å². The van der Waals surface area contributed by atoms with Crippen molar-refractivity contribution < 1.29 is 14.4 Å². The van der Waals surface area contributed by atoms with E-state index in [0.717, 1.165) is 29.5 Å². The second-order valence-corrected chi connectivity index (χ2v) is 9.02. The summed E-state index contributed by atoms with van der Waals surface area (Å²) >= 11 is 0. The highest BCUT2D eigenvalue weighted by Crippen LogP contribution is 2.61. The van der Waals surface area contributed by atoms with Gasteiger partial charge < -0.3 is 9.79 Å². The average molecular weight is 422 g/mol. The maximum atomic E-state index is 13.2. The topological polar surface area (TPSA) is 63.2 Å². The third-order valence-corrected chi connectivity index (χ3v) is 7.06. The maximum Gasteiger partial charge on any atom is 0.147 e. The van der Waals surface area contributed by atoms with E-state index < -0.39 is 12.0 Å². The molecule has 0 N–H and O–H groups in total. The third-order valence-electron chi connectivity index (χ3n) is 5.66. The first-order valence-corrected chi connectivity index (χ1v) is 12.1. The second-order valence-electron chi connectivity index (χ2n) is 7.48. The zero-order chi connectivity index (χ0) is 21.8. The van der Waals surface area contributed by atoms with Crippen LogP contribution in [-0.2, 0) is 23.8 Å². The monoisotopic (exact) mass is 422 g/mol. The first-order chi connectivity index (χ1) is 14.4. The lowest BCUT2D eigenvalue weighted by Gasteiger charge is -2.51. The average Bonchev–Trinajstić information content (AvgIpc) is 2.75. The van der Waals surface area contributed by atoms with E-state index in [0.29, 0.717) is 29.9 Å². The lowest BCUT2D eigenvalue weighted by molar-refractivity contribution is -0.323. The number of hydrogen-bond acceptors (Lipinski definition) is 3. The smallest absolute Gasteiger partial charge is 0.147 e. The van der Waals surface area contributed by atoms with Crippen LogP contribution in [0.2, 0.25) is 0 Å². The van der Waals surface area contributed by atoms with Crippen LogP contribution in [0.5, 0.6) is 0 Å². The molecule has 0 saturated carbocycles. The van der Waals surface area contributed by atoms with Crippen LogP contribution in [-0.4, -0.2) is 0 Å². The zero-order valence-electron chi connectivity index (χ0n) is 17.9. The van der Waals surface area contributed by atoms with E-state index in [1.54, 1.807) is 36.4 Å². The fraction of sp³-hybridized carbons (Fsp3) is 0.280. The van der Waals surface area contributed by atoms with E-state index in [2.05, 4.69) is 6.92 Å². The molecular formula is C25H29NO3P-. The van der Waals surface area contributed by atoms with E-state index in [-0.39, 0.29) is 0 Å². The van der Waals surface area contributed by atoms with Crippen molar-refractivity contribution in [3.63, 3.8) is 0 Å². The predicted molar refractivity (Wildman–Crippen MR) is 121 cm³/mol. The summed E-state index contributed by atoms with van der Waals surface area (Å²) in [5.41, 5.74) is 4.25. The molecule has 30 heavy (non-hydrogen) atoms. The normalized spacial score (nSPS) is 12.2. The molecular weight excluding hydrogens is 393 g/mol. The summed E-state index contributed by atoms with van der Waals surface area (Å²) in [7, 11) is -5.25. The van der Waals surface area contributed by atoms with Crippen molar-refractivity contribution in [3.8, 4) is 0 Å². The SMILES string of the molecule is CCCc1ccc([N+](c2ccccc2CC)(c2ccccc2CC)P(=O)([O-])[O-])cc1. The first kappa shape index (κ1) is 22.5. The molecule has 0 fully saturated rings. The standard InChI is InChI=1S/C25H30NO3P/c1-4-11-20-16-18-23(19-17-20)26(30(27,28)29,24-14-9-7-12-21(24)5-2)25-15-10-8-13-22(25)6-3/h7-10,12-19H,4-6,11H2,1-3H3,(H-,27,28,29)/p-1. The van der Waals surface area contributed by atoms with Crippen molar-refractivity contribution in [2.45, 2.75) is 46.5 Å². The van der Waals surface area contributed by atoms with E-state index in [1.165, 1.54) is 0 Å². The highest BCUT2D eigenvalue weighted by atomic mass is 31.2. The number of nitrogens with zero attached hydrogens (tertiary/aromatic N) is 1. The summed E-state index contributed by atoms with van der Waals surface area (Å²) in [5, 5.41) is 0. The number of hydrogen-bond donors (Lipinski definition) is 0. The van der Waals surface area contributed by atoms with Crippen LogP contribution in [0, 0.1) is 0 Å². The van der Waals surface area contributed by atoms with Gasteiger partial charge in [-0.1, -0.05) is 75.7 Å². The van der Waals surface area contributed by atoms with E-state index in [1.807, 2.05) is 50.2 Å². The highest BCUT2D eigenvalue weighted by molar-refractivity contribution is 7.49. The van der Waals surface area contributed by atoms with Gasteiger partial charge in [-0.25, -0.2) is 4.25 Å². The van der Waals surface area contributed by atoms with Crippen LogP contribution in [0.3, 0.4) is 0 Å². The molecule has 0 spiro atoms. The summed E-state index contributed by atoms with van der Waals surface area (Å²) in [6, 6.07) is 22.2. The number of quaternary nitrogens is 1. The predicted octanol–water partition coefficient (Wildman–Crippen LogP) is 5.56. The van der Waals surface area contributed by atoms with E-state index in [4.69, 9.17) is 0 Å². The number of benzene rings is 3. The molecule has 0 saturated heterocycles. The van der Waals surface area contributed by atoms with Crippen molar-refractivity contribution in [2.75, 3.05) is 0 Å². The van der Waals surface area contributed by atoms with Crippen LogP contribution in [0.1, 0.15) is 43.9 Å². The van der Waals surface area contributed by atoms with Gasteiger partial charge in [0.25, 0.3) is 0 Å². The van der Waals surface area contributed by atoms with Crippen molar-refractivity contribution >= 4 is 24.8 Å². The molecule has 3 rings (SSSR count). The summed E-state index contributed by atoms with van der Waals surface area (Å²) in [5.74, 6) is 0. The minimum atomic E-state index is -5.25. The highest BCUT2D eigenvalue weighted by Gasteiger charge is 2.43. The van der Waals surface area contributed by atoms with Crippen LogP contribution >= 0.6 is 7.75 Å². The Labute approximate surface area is 179 Å². The fourth-order valence-electron chi connectivity index (χ4n) is 4.23. The maximum absolute atomic E-state index is 13.2. The Hall–Kier alpha value is -2.23. The van der Waals surface area contributed by atoms with Gasteiger partial charge in [0.2, 0.25) is 0 Å². The van der Waals surface area contributed by atoms with Gasteiger partial charge in [-0.2, -0.15) is 0 Å². The number of aryl methyl sites for hydroxylation is 3. The van der Waals surface area contributed by atoms with E-state index in [9.17, 15) is 14.4 Å². The van der Waals surface area contributed by atoms with Crippen LogP contribution in [0.15, 0.2) is 72.8 Å². The Morgan fingerprint density at radius 2 is 1.20 bits per heavy atom. The largest absolute Gasteiger partial charge is 0.764 e. The molecule has 4 nitrogen and oxygen atoms in total. The molecule has 0 radical (unpaired) electrons. The van der Waals surface area contributed by atoms with Gasteiger partial charge in [0.15, 0.2) is 0 Å². The van der Waals surface area contributed by atoms with Crippen molar-refractivity contribution in [2.24, 2.45) is 0 Å². The molecule has 3 aromatic carbocycles. The summed E-state index contributed by atoms with van der Waals surface area (Å²) < 4.78 is 12.4. The van der Waals surface area contributed by atoms with Crippen LogP contribution in [0.25, 0.3) is 0 Å². The Kier molecular flexibility index (Phi) is 6.95. The molecule has 0 atom stereocenters. The minimum absolute atomic E-state index is 0.449. The quantitative estimate of drug-likeness (QED) is 0.446. The molecule has 0 bridgehead atoms. The molecule has 0 aliphatic heterocycles. The second kappa shape index (κ2) is 9.28. The number of rotatable bonds is 8. The van der Waals surface area contributed by atoms with Gasteiger partial charge in [-0.3, -0.25) is 4.57 Å². The van der Waals surface area contributed by atoms with Crippen molar-refractivity contribution in [1.82, 2.24) is 4.25 Å². The van der Waals surface area contributed by atoms with E-state index >= 15 is 0 Å². The Balaban J connectivity index is 2.46. The molecule has 3 aromatic rings. The summed E-state index contributed by atoms with van der Waals surface area (Å²) in [6.45, 7) is 6.06. The molecule has 5 heteroatoms. The lowest BCUT2D eigenvalue weighted by atomic mass is 10.0. The van der Waals surface area contributed by atoms with Gasteiger partial charge in [0.1, 0.15) is 24.8 Å². The number of para-hydroxylation sites is 2. The van der Waals surface area contributed by atoms with Crippen LogP contribution < -0.4 is 14.0 Å². The molecule has 0 amide bonds. The van der Waals surface area contributed by atoms with Crippen LogP contribution in [0.4, 0.5) is 17.1 Å². The van der Waals surface area contributed by atoms with Gasteiger partial charge in [0, 0.05) is 35.4 Å². The Morgan fingerprint density at radius 1 is 0.733 bits per heavy atom. The summed E-state index contributed by atoms with van der Waals surface area (Å²) in [4.78, 5) is 26.5. The van der Waals surface area contributed by atoms with Gasteiger partial charge in [-0.15, -0.1) is 0 Å². The molecule has 0 aliphatic carbocycles.